The van der Waals surface area contributed by atoms with Gasteiger partial charge in [0.25, 0.3) is 5.91 Å². The van der Waals surface area contributed by atoms with E-state index in [-0.39, 0.29) is 5.91 Å². The van der Waals surface area contributed by atoms with Crippen molar-refractivity contribution in [3.05, 3.63) is 66.1 Å². The van der Waals surface area contributed by atoms with Gasteiger partial charge in [0.15, 0.2) is 5.82 Å². The van der Waals surface area contributed by atoms with E-state index in [2.05, 4.69) is 34.4 Å². The maximum atomic E-state index is 13.0. The third-order valence-corrected chi connectivity index (χ3v) is 5.75. The van der Waals surface area contributed by atoms with Crippen molar-refractivity contribution in [3.8, 4) is 11.5 Å². The zero-order chi connectivity index (χ0) is 20.8. The SMILES string of the molecule is Cc1ccc(-n2ncc(C(=O)NCCCN3CCCCCC3)c2-n2cccc2)cc1. The van der Waals surface area contributed by atoms with Crippen molar-refractivity contribution in [1.82, 2.24) is 24.6 Å². The van der Waals surface area contributed by atoms with Gasteiger partial charge >= 0.3 is 0 Å². The molecule has 0 bridgehead atoms. The number of aryl methyl sites for hydroxylation is 1. The van der Waals surface area contributed by atoms with Crippen LogP contribution in [-0.4, -0.2) is 51.3 Å². The Bertz CT molecular complexity index is 935. The first-order chi connectivity index (χ1) is 14.7. The lowest BCUT2D eigenvalue weighted by Crippen LogP contribution is -2.31. The van der Waals surface area contributed by atoms with Crippen LogP contribution in [0, 0.1) is 6.92 Å². The molecular formula is C24H31N5O. The maximum absolute atomic E-state index is 13.0. The van der Waals surface area contributed by atoms with E-state index < -0.39 is 0 Å². The number of carbonyl (C=O) groups excluding carboxylic acids is 1. The normalized spacial score (nSPS) is 15.1. The second-order valence-electron chi connectivity index (χ2n) is 8.08. The van der Waals surface area contributed by atoms with Crippen LogP contribution in [0.3, 0.4) is 0 Å². The number of nitrogens with zero attached hydrogens (tertiary/aromatic N) is 4. The van der Waals surface area contributed by atoms with Crippen LogP contribution in [0.5, 0.6) is 0 Å². The fourth-order valence-electron chi connectivity index (χ4n) is 4.06. The average molecular weight is 406 g/mol. The first-order valence-corrected chi connectivity index (χ1v) is 11.0. The zero-order valence-corrected chi connectivity index (χ0v) is 17.8. The van der Waals surface area contributed by atoms with Gasteiger partial charge in [-0.25, -0.2) is 4.68 Å². The fraction of sp³-hybridized carbons (Fsp3) is 0.417. The summed E-state index contributed by atoms with van der Waals surface area (Å²) in [5.74, 6) is 0.682. The molecule has 158 valence electrons. The molecule has 3 aromatic rings. The monoisotopic (exact) mass is 405 g/mol. The van der Waals surface area contributed by atoms with Gasteiger partial charge in [0, 0.05) is 18.9 Å². The highest BCUT2D eigenvalue weighted by atomic mass is 16.1. The van der Waals surface area contributed by atoms with Crippen molar-refractivity contribution in [2.75, 3.05) is 26.2 Å². The number of carbonyl (C=O) groups is 1. The van der Waals surface area contributed by atoms with E-state index in [4.69, 9.17) is 0 Å². The number of benzene rings is 1. The highest BCUT2D eigenvalue weighted by molar-refractivity contribution is 5.97. The number of rotatable bonds is 7. The van der Waals surface area contributed by atoms with Crippen LogP contribution in [0.15, 0.2) is 55.0 Å². The molecule has 0 unspecified atom stereocenters. The molecule has 6 nitrogen and oxygen atoms in total. The van der Waals surface area contributed by atoms with Crippen molar-refractivity contribution < 1.29 is 4.79 Å². The van der Waals surface area contributed by atoms with Crippen LogP contribution in [0.25, 0.3) is 11.5 Å². The van der Waals surface area contributed by atoms with Gasteiger partial charge in [0.05, 0.1) is 11.9 Å². The minimum Gasteiger partial charge on any atom is -0.352 e. The lowest BCUT2D eigenvalue weighted by molar-refractivity contribution is 0.0951. The summed E-state index contributed by atoms with van der Waals surface area (Å²) >= 11 is 0. The molecule has 0 radical (unpaired) electrons. The van der Waals surface area contributed by atoms with E-state index in [1.807, 2.05) is 45.9 Å². The summed E-state index contributed by atoms with van der Waals surface area (Å²) < 4.78 is 3.77. The molecule has 0 atom stereocenters. The predicted molar refractivity (Wildman–Crippen MR) is 119 cm³/mol. The van der Waals surface area contributed by atoms with Crippen molar-refractivity contribution in [3.63, 3.8) is 0 Å². The second-order valence-corrected chi connectivity index (χ2v) is 8.08. The molecule has 1 aliphatic rings. The molecule has 1 amide bonds. The molecule has 30 heavy (non-hydrogen) atoms. The summed E-state index contributed by atoms with van der Waals surface area (Å²) in [5.41, 5.74) is 2.71. The van der Waals surface area contributed by atoms with Gasteiger partial charge < -0.3 is 14.8 Å². The van der Waals surface area contributed by atoms with E-state index in [1.54, 1.807) is 6.20 Å². The Balaban J connectivity index is 1.45. The molecule has 2 aromatic heterocycles. The smallest absolute Gasteiger partial charge is 0.256 e. The molecule has 1 aliphatic heterocycles. The average Bonchev–Trinajstić information content (AvgIpc) is 3.36. The highest BCUT2D eigenvalue weighted by Gasteiger charge is 2.19. The van der Waals surface area contributed by atoms with Gasteiger partial charge in [0.2, 0.25) is 0 Å². The van der Waals surface area contributed by atoms with Gasteiger partial charge in [-0.3, -0.25) is 4.79 Å². The van der Waals surface area contributed by atoms with Crippen molar-refractivity contribution in [1.29, 1.82) is 0 Å². The predicted octanol–water partition coefficient (Wildman–Crippen LogP) is 3.97. The Hall–Kier alpha value is -2.86. The first-order valence-electron chi connectivity index (χ1n) is 11.0. The molecule has 4 rings (SSSR count). The van der Waals surface area contributed by atoms with Crippen LogP contribution < -0.4 is 5.32 Å². The molecule has 1 N–H and O–H groups in total. The summed E-state index contributed by atoms with van der Waals surface area (Å²) in [6.45, 7) is 6.16. The van der Waals surface area contributed by atoms with Gasteiger partial charge in [-0.2, -0.15) is 5.10 Å². The Morgan fingerprint density at radius 3 is 2.43 bits per heavy atom. The number of nitrogens with one attached hydrogen (secondary N) is 1. The summed E-state index contributed by atoms with van der Waals surface area (Å²) in [5, 5.41) is 7.63. The lowest BCUT2D eigenvalue weighted by Gasteiger charge is -2.19. The molecular weight excluding hydrogens is 374 g/mol. The number of amides is 1. The van der Waals surface area contributed by atoms with Crippen LogP contribution in [0.4, 0.5) is 0 Å². The van der Waals surface area contributed by atoms with Gasteiger partial charge in [-0.15, -0.1) is 0 Å². The lowest BCUT2D eigenvalue weighted by atomic mass is 10.2. The number of hydrogen-bond acceptors (Lipinski definition) is 3. The minimum absolute atomic E-state index is 0.0760. The molecule has 6 heteroatoms. The molecule has 0 aliphatic carbocycles. The second kappa shape index (κ2) is 9.76. The van der Waals surface area contributed by atoms with Crippen LogP contribution in [-0.2, 0) is 0 Å². The quantitative estimate of drug-likeness (QED) is 0.605. The Morgan fingerprint density at radius 2 is 1.73 bits per heavy atom. The van der Waals surface area contributed by atoms with Gasteiger partial charge in [-0.05, 0) is 70.1 Å². The molecule has 1 aromatic carbocycles. The van der Waals surface area contributed by atoms with E-state index in [0.717, 1.165) is 24.5 Å². The summed E-state index contributed by atoms with van der Waals surface area (Å²) in [6.07, 6.45) is 11.8. The first kappa shape index (κ1) is 20.4. The summed E-state index contributed by atoms with van der Waals surface area (Å²) in [4.78, 5) is 15.5. The molecule has 0 saturated carbocycles. The fourth-order valence-corrected chi connectivity index (χ4v) is 4.06. The minimum atomic E-state index is -0.0760. The van der Waals surface area contributed by atoms with Crippen LogP contribution in [0.2, 0.25) is 0 Å². The van der Waals surface area contributed by atoms with E-state index >= 15 is 0 Å². The molecule has 0 spiro atoms. The van der Waals surface area contributed by atoms with Gasteiger partial charge in [0.1, 0.15) is 5.56 Å². The summed E-state index contributed by atoms with van der Waals surface area (Å²) in [7, 11) is 0. The van der Waals surface area contributed by atoms with Gasteiger partial charge in [-0.1, -0.05) is 30.5 Å². The summed E-state index contributed by atoms with van der Waals surface area (Å²) in [6, 6.07) is 12.1. The Kier molecular flexibility index (Phi) is 6.64. The number of hydrogen-bond donors (Lipinski definition) is 1. The van der Waals surface area contributed by atoms with E-state index in [9.17, 15) is 4.79 Å². The third kappa shape index (κ3) is 4.82. The topological polar surface area (TPSA) is 55.1 Å². The largest absolute Gasteiger partial charge is 0.352 e. The zero-order valence-electron chi connectivity index (χ0n) is 17.8. The molecule has 3 heterocycles. The van der Waals surface area contributed by atoms with E-state index in [0.29, 0.717) is 12.1 Å². The van der Waals surface area contributed by atoms with Crippen molar-refractivity contribution in [2.24, 2.45) is 0 Å². The standard InChI is InChI=1S/C24H31N5O/c1-20-9-11-21(12-10-20)29-24(28-17-6-7-18-28)22(19-26-29)23(30)25-13-8-16-27-14-4-2-3-5-15-27/h6-7,9-12,17-19H,2-5,8,13-16H2,1H3,(H,25,30). The molecule has 1 fully saturated rings. The third-order valence-electron chi connectivity index (χ3n) is 5.75. The van der Waals surface area contributed by atoms with Crippen LogP contribution >= 0.6 is 0 Å². The number of aromatic nitrogens is 3. The van der Waals surface area contributed by atoms with E-state index in [1.165, 1.54) is 44.3 Å². The maximum Gasteiger partial charge on any atom is 0.256 e. The Morgan fingerprint density at radius 1 is 1.03 bits per heavy atom. The van der Waals surface area contributed by atoms with Crippen LogP contribution in [0.1, 0.15) is 48.0 Å². The Labute approximate surface area is 178 Å². The highest BCUT2D eigenvalue weighted by Crippen LogP contribution is 2.20. The number of likely N-dealkylation sites (tertiary alicyclic amines) is 1. The van der Waals surface area contributed by atoms with Crippen molar-refractivity contribution >= 4 is 5.91 Å². The van der Waals surface area contributed by atoms with Crippen molar-refractivity contribution in [2.45, 2.75) is 39.0 Å². The molecule has 1 saturated heterocycles.